The zero-order valence-corrected chi connectivity index (χ0v) is 15.6. The van der Waals surface area contributed by atoms with E-state index in [1.807, 2.05) is 29.2 Å². The molecule has 142 valence electrons. The van der Waals surface area contributed by atoms with Crippen molar-refractivity contribution in [1.29, 1.82) is 0 Å². The van der Waals surface area contributed by atoms with E-state index >= 15 is 0 Å². The van der Waals surface area contributed by atoms with Gasteiger partial charge < -0.3 is 15.1 Å². The van der Waals surface area contributed by atoms with E-state index in [-0.39, 0.29) is 6.04 Å². The average molecular weight is 358 g/mol. The van der Waals surface area contributed by atoms with Crippen LogP contribution in [-0.4, -0.2) is 53.4 Å². The summed E-state index contributed by atoms with van der Waals surface area (Å²) >= 11 is 0. The number of rotatable bonds is 9. The minimum atomic E-state index is 0.215. The number of aromatic nitrogens is 2. The molecule has 1 atom stereocenters. The molecule has 0 radical (unpaired) electrons. The van der Waals surface area contributed by atoms with E-state index in [1.54, 1.807) is 6.26 Å². The highest BCUT2D eigenvalue weighted by molar-refractivity contribution is 5.79. The molecule has 0 saturated carbocycles. The summed E-state index contributed by atoms with van der Waals surface area (Å²) in [7, 11) is 0. The fourth-order valence-corrected chi connectivity index (χ4v) is 3.32. The van der Waals surface area contributed by atoms with E-state index < -0.39 is 0 Å². The van der Waals surface area contributed by atoms with E-state index in [9.17, 15) is 0 Å². The Morgan fingerprint density at radius 1 is 1.31 bits per heavy atom. The second-order valence-corrected chi connectivity index (χ2v) is 6.54. The maximum absolute atomic E-state index is 5.68. The first kappa shape index (κ1) is 18.5. The van der Waals surface area contributed by atoms with Crippen molar-refractivity contribution in [3.63, 3.8) is 0 Å². The summed E-state index contributed by atoms with van der Waals surface area (Å²) < 4.78 is 7.63. The Kier molecular flexibility index (Phi) is 7.13. The number of hydrogen-bond acceptors (Lipinski definition) is 4. The Balaban J connectivity index is 1.53. The van der Waals surface area contributed by atoms with Gasteiger partial charge in [0.1, 0.15) is 5.76 Å². The third-order valence-corrected chi connectivity index (χ3v) is 4.64. The average Bonchev–Trinajstić information content (AvgIpc) is 3.42. The fourth-order valence-electron chi connectivity index (χ4n) is 3.32. The van der Waals surface area contributed by atoms with Gasteiger partial charge in [0.25, 0.3) is 0 Å². The molecular weight excluding hydrogens is 328 g/mol. The molecule has 3 heterocycles. The Hall–Kier alpha value is -2.28. The SMILES string of the molecule is CCNC(=NCC(c1ccco1)N1CCCC1)NCCCn1cccn1. The number of furan rings is 1. The van der Waals surface area contributed by atoms with Crippen LogP contribution in [0.3, 0.4) is 0 Å². The van der Waals surface area contributed by atoms with Gasteiger partial charge in [0, 0.05) is 32.0 Å². The van der Waals surface area contributed by atoms with Crippen LogP contribution in [0.2, 0.25) is 0 Å². The highest BCUT2D eigenvalue weighted by atomic mass is 16.3. The summed E-state index contributed by atoms with van der Waals surface area (Å²) in [5.41, 5.74) is 0. The molecule has 2 aromatic heterocycles. The zero-order chi connectivity index (χ0) is 18.0. The highest BCUT2D eigenvalue weighted by Crippen LogP contribution is 2.25. The molecule has 2 N–H and O–H groups in total. The first-order valence-electron chi connectivity index (χ1n) is 9.64. The van der Waals surface area contributed by atoms with Gasteiger partial charge in [0.05, 0.1) is 18.8 Å². The second kappa shape index (κ2) is 10.0. The van der Waals surface area contributed by atoms with Gasteiger partial charge in [-0.15, -0.1) is 0 Å². The number of nitrogens with one attached hydrogen (secondary N) is 2. The summed E-state index contributed by atoms with van der Waals surface area (Å²) in [6, 6.07) is 6.18. The van der Waals surface area contributed by atoms with Gasteiger partial charge in [0.15, 0.2) is 5.96 Å². The van der Waals surface area contributed by atoms with Crippen molar-refractivity contribution < 1.29 is 4.42 Å². The molecule has 0 bridgehead atoms. The summed E-state index contributed by atoms with van der Waals surface area (Å²) in [4.78, 5) is 7.30. The maximum Gasteiger partial charge on any atom is 0.191 e. The Morgan fingerprint density at radius 2 is 2.19 bits per heavy atom. The number of hydrogen-bond donors (Lipinski definition) is 2. The lowest BCUT2D eigenvalue weighted by Gasteiger charge is -2.24. The Labute approximate surface area is 155 Å². The van der Waals surface area contributed by atoms with Crippen molar-refractivity contribution in [2.75, 3.05) is 32.7 Å². The quantitative estimate of drug-likeness (QED) is 0.409. The minimum Gasteiger partial charge on any atom is -0.468 e. The molecule has 0 aromatic carbocycles. The number of guanidine groups is 1. The molecular formula is C19H30N6O. The van der Waals surface area contributed by atoms with Crippen LogP contribution in [0, 0.1) is 0 Å². The van der Waals surface area contributed by atoms with Crippen LogP contribution in [0.5, 0.6) is 0 Å². The topological polar surface area (TPSA) is 70.6 Å². The molecule has 26 heavy (non-hydrogen) atoms. The normalized spacial score (nSPS) is 16.7. The fraction of sp³-hybridized carbons (Fsp3) is 0.579. The van der Waals surface area contributed by atoms with Crippen molar-refractivity contribution >= 4 is 5.96 Å². The van der Waals surface area contributed by atoms with E-state index in [0.29, 0.717) is 6.54 Å². The number of nitrogens with zero attached hydrogens (tertiary/aromatic N) is 4. The molecule has 1 unspecified atom stereocenters. The summed E-state index contributed by atoms with van der Waals surface area (Å²) in [5.74, 6) is 1.87. The molecule has 0 amide bonds. The molecule has 7 heteroatoms. The van der Waals surface area contributed by atoms with Crippen molar-refractivity contribution in [1.82, 2.24) is 25.3 Å². The maximum atomic E-state index is 5.68. The number of aryl methyl sites for hydroxylation is 1. The van der Waals surface area contributed by atoms with Crippen LogP contribution < -0.4 is 10.6 Å². The van der Waals surface area contributed by atoms with Gasteiger partial charge in [0.2, 0.25) is 0 Å². The lowest BCUT2D eigenvalue weighted by Crippen LogP contribution is -2.39. The molecule has 2 aromatic rings. The predicted octanol–water partition coefficient (Wildman–Crippen LogP) is 2.26. The highest BCUT2D eigenvalue weighted by Gasteiger charge is 2.25. The molecule has 1 aliphatic heterocycles. The van der Waals surface area contributed by atoms with Crippen molar-refractivity contribution in [2.45, 2.75) is 38.8 Å². The van der Waals surface area contributed by atoms with E-state index in [2.05, 4.69) is 33.6 Å². The van der Waals surface area contributed by atoms with Gasteiger partial charge in [-0.25, -0.2) is 0 Å². The smallest absolute Gasteiger partial charge is 0.191 e. The first-order valence-corrected chi connectivity index (χ1v) is 9.64. The Bertz CT molecular complexity index is 631. The summed E-state index contributed by atoms with van der Waals surface area (Å²) in [6.45, 7) is 7.64. The molecule has 0 aliphatic carbocycles. The molecule has 7 nitrogen and oxygen atoms in total. The van der Waals surface area contributed by atoms with Crippen molar-refractivity contribution in [2.24, 2.45) is 4.99 Å². The van der Waals surface area contributed by atoms with Gasteiger partial charge in [-0.2, -0.15) is 5.10 Å². The molecule has 0 spiro atoms. The van der Waals surface area contributed by atoms with Gasteiger partial charge >= 0.3 is 0 Å². The lowest BCUT2D eigenvalue weighted by atomic mass is 10.2. The van der Waals surface area contributed by atoms with Crippen LogP contribution in [0.25, 0.3) is 0 Å². The largest absolute Gasteiger partial charge is 0.468 e. The van der Waals surface area contributed by atoms with Gasteiger partial charge in [-0.1, -0.05) is 0 Å². The van der Waals surface area contributed by atoms with Crippen LogP contribution in [0.1, 0.15) is 38.0 Å². The van der Waals surface area contributed by atoms with E-state index in [1.165, 1.54) is 12.8 Å². The van der Waals surface area contributed by atoms with Crippen LogP contribution in [0.15, 0.2) is 46.3 Å². The number of aliphatic imine (C=N–C) groups is 1. The molecule has 1 fully saturated rings. The third kappa shape index (κ3) is 5.36. The van der Waals surface area contributed by atoms with E-state index in [4.69, 9.17) is 9.41 Å². The minimum absolute atomic E-state index is 0.215. The van der Waals surface area contributed by atoms with Crippen molar-refractivity contribution in [3.8, 4) is 0 Å². The Morgan fingerprint density at radius 3 is 2.88 bits per heavy atom. The first-order chi connectivity index (χ1) is 12.9. The molecule has 1 aliphatic rings. The lowest BCUT2D eigenvalue weighted by molar-refractivity contribution is 0.221. The van der Waals surface area contributed by atoms with Crippen molar-refractivity contribution in [3.05, 3.63) is 42.6 Å². The number of likely N-dealkylation sites (tertiary alicyclic amines) is 1. The van der Waals surface area contributed by atoms with Crippen LogP contribution >= 0.6 is 0 Å². The summed E-state index contributed by atoms with van der Waals surface area (Å²) in [5, 5.41) is 11.0. The zero-order valence-electron chi connectivity index (χ0n) is 15.6. The summed E-state index contributed by atoms with van der Waals surface area (Å²) in [6.07, 6.45) is 9.06. The third-order valence-electron chi connectivity index (χ3n) is 4.64. The van der Waals surface area contributed by atoms with E-state index in [0.717, 1.165) is 50.9 Å². The van der Waals surface area contributed by atoms with Crippen LogP contribution in [0.4, 0.5) is 0 Å². The van der Waals surface area contributed by atoms with Gasteiger partial charge in [-0.05, 0) is 57.5 Å². The standard InChI is InChI=1S/C19H30N6O/c1-2-20-19(21-9-6-13-25-14-7-10-23-25)22-16-17(18-8-5-15-26-18)24-11-3-4-12-24/h5,7-8,10,14-15,17H,2-4,6,9,11-13,16H2,1H3,(H2,20,21,22). The van der Waals surface area contributed by atoms with Gasteiger partial charge in [-0.3, -0.25) is 14.6 Å². The van der Waals surface area contributed by atoms with Crippen LogP contribution in [-0.2, 0) is 6.54 Å². The molecule has 3 rings (SSSR count). The predicted molar refractivity (Wildman–Crippen MR) is 103 cm³/mol. The second-order valence-electron chi connectivity index (χ2n) is 6.54. The molecule has 1 saturated heterocycles. The monoisotopic (exact) mass is 358 g/mol.